The minimum Gasteiger partial charge on any atom is -0.497 e. The van der Waals surface area contributed by atoms with E-state index in [0.29, 0.717) is 0 Å². The Morgan fingerprint density at radius 3 is 2.35 bits per heavy atom. The summed E-state index contributed by atoms with van der Waals surface area (Å²) in [5.74, 6) is -1.00. The number of methoxy groups -OCH3 is 1. The van der Waals surface area contributed by atoms with Crippen molar-refractivity contribution >= 4 is 11.9 Å². The van der Waals surface area contributed by atoms with Crippen molar-refractivity contribution in [3.63, 3.8) is 0 Å². The second kappa shape index (κ2) is 10.1. The Morgan fingerprint density at radius 1 is 1.27 bits per heavy atom. The van der Waals surface area contributed by atoms with Gasteiger partial charge in [-0.15, -0.1) is 0 Å². The standard InChI is InChI=1S/C19H25N3O4/c1-12(2)9-17(19(24)25)22-18(23)15(10-20)11-21-13(3)14-5-7-16(26-4)8-6-14/h5-8,11-13,17,21H,9H2,1-4H3,(H,22,23)(H,24,25)/b15-11-. The van der Waals surface area contributed by atoms with E-state index in [4.69, 9.17) is 4.74 Å². The van der Waals surface area contributed by atoms with E-state index in [9.17, 15) is 20.0 Å². The van der Waals surface area contributed by atoms with Gasteiger partial charge in [0.25, 0.3) is 5.91 Å². The Balaban J connectivity index is 2.77. The number of rotatable bonds is 9. The SMILES string of the molecule is COc1ccc(C(C)N/C=C(/C#N)C(=O)NC(CC(C)C)C(=O)O)cc1. The number of ether oxygens (including phenoxy) is 1. The van der Waals surface area contributed by atoms with Gasteiger partial charge in [0.15, 0.2) is 0 Å². The van der Waals surface area contributed by atoms with E-state index in [1.807, 2.05) is 45.0 Å². The van der Waals surface area contributed by atoms with Crippen molar-refractivity contribution < 1.29 is 19.4 Å². The predicted molar refractivity (Wildman–Crippen MR) is 97.3 cm³/mol. The molecule has 0 bridgehead atoms. The molecule has 7 heteroatoms. The first-order valence-corrected chi connectivity index (χ1v) is 8.32. The lowest BCUT2D eigenvalue weighted by Gasteiger charge is -2.17. The zero-order valence-electron chi connectivity index (χ0n) is 15.4. The number of amides is 1. The molecular formula is C19H25N3O4. The van der Waals surface area contributed by atoms with Crippen molar-refractivity contribution in [3.05, 3.63) is 41.6 Å². The Morgan fingerprint density at radius 2 is 1.88 bits per heavy atom. The third-order valence-corrected chi connectivity index (χ3v) is 3.77. The highest BCUT2D eigenvalue weighted by Gasteiger charge is 2.22. The molecular weight excluding hydrogens is 334 g/mol. The summed E-state index contributed by atoms with van der Waals surface area (Å²) in [6.45, 7) is 5.60. The van der Waals surface area contributed by atoms with Crippen LogP contribution in [0.2, 0.25) is 0 Å². The van der Waals surface area contributed by atoms with Crippen LogP contribution in [-0.2, 0) is 9.59 Å². The van der Waals surface area contributed by atoms with Gasteiger partial charge in [-0.25, -0.2) is 4.79 Å². The topological polar surface area (TPSA) is 111 Å². The van der Waals surface area contributed by atoms with Crippen LogP contribution in [0.15, 0.2) is 36.0 Å². The van der Waals surface area contributed by atoms with Crippen LogP contribution >= 0.6 is 0 Å². The zero-order chi connectivity index (χ0) is 19.7. The number of hydrogen-bond donors (Lipinski definition) is 3. The highest BCUT2D eigenvalue weighted by Crippen LogP contribution is 2.17. The first-order valence-electron chi connectivity index (χ1n) is 8.32. The van der Waals surface area contributed by atoms with Gasteiger partial charge in [-0.1, -0.05) is 26.0 Å². The van der Waals surface area contributed by atoms with E-state index >= 15 is 0 Å². The van der Waals surface area contributed by atoms with Crippen LogP contribution in [0.25, 0.3) is 0 Å². The summed E-state index contributed by atoms with van der Waals surface area (Å²) in [6.07, 6.45) is 1.59. The molecule has 1 aromatic rings. The molecule has 0 saturated carbocycles. The molecule has 0 aromatic heterocycles. The third-order valence-electron chi connectivity index (χ3n) is 3.77. The summed E-state index contributed by atoms with van der Waals surface area (Å²) in [6, 6.07) is 8.00. The van der Waals surface area contributed by atoms with Crippen molar-refractivity contribution in [3.8, 4) is 11.8 Å². The number of nitrogens with one attached hydrogen (secondary N) is 2. The lowest BCUT2D eigenvalue weighted by atomic mass is 10.0. The molecule has 0 fully saturated rings. The molecule has 140 valence electrons. The number of carbonyl (C=O) groups excluding carboxylic acids is 1. The van der Waals surface area contributed by atoms with E-state index < -0.39 is 17.9 Å². The van der Waals surface area contributed by atoms with Gasteiger partial charge >= 0.3 is 5.97 Å². The van der Waals surface area contributed by atoms with Crippen LogP contribution in [0.5, 0.6) is 5.75 Å². The van der Waals surface area contributed by atoms with E-state index in [-0.39, 0.29) is 24.0 Å². The lowest BCUT2D eigenvalue weighted by Crippen LogP contribution is -2.42. The minimum atomic E-state index is -1.12. The second-order valence-electron chi connectivity index (χ2n) is 6.33. The molecule has 2 unspecified atom stereocenters. The van der Waals surface area contributed by atoms with E-state index in [1.54, 1.807) is 13.2 Å². The number of carboxylic acids is 1. The van der Waals surface area contributed by atoms with Crippen LogP contribution < -0.4 is 15.4 Å². The van der Waals surface area contributed by atoms with Crippen LogP contribution in [0.4, 0.5) is 0 Å². The van der Waals surface area contributed by atoms with Crippen molar-refractivity contribution in [2.24, 2.45) is 5.92 Å². The fourth-order valence-corrected chi connectivity index (χ4v) is 2.27. The summed E-state index contributed by atoms with van der Waals surface area (Å²) in [5.41, 5.74) is 0.767. The molecule has 26 heavy (non-hydrogen) atoms. The van der Waals surface area contributed by atoms with Crippen LogP contribution in [0.3, 0.4) is 0 Å². The summed E-state index contributed by atoms with van der Waals surface area (Å²) < 4.78 is 5.10. The quantitative estimate of drug-likeness (QED) is 0.461. The maximum absolute atomic E-state index is 12.2. The number of carboxylic acid groups (broad SMARTS) is 1. The number of benzene rings is 1. The molecule has 1 aromatic carbocycles. The van der Waals surface area contributed by atoms with E-state index in [1.165, 1.54) is 6.20 Å². The molecule has 0 radical (unpaired) electrons. The molecule has 0 spiro atoms. The van der Waals surface area contributed by atoms with Crippen molar-refractivity contribution in [2.75, 3.05) is 7.11 Å². The minimum absolute atomic E-state index is 0.0964. The number of hydrogen-bond acceptors (Lipinski definition) is 5. The summed E-state index contributed by atoms with van der Waals surface area (Å²) in [4.78, 5) is 23.4. The second-order valence-corrected chi connectivity index (χ2v) is 6.33. The summed E-state index contributed by atoms with van der Waals surface area (Å²) in [5, 5.41) is 23.8. The number of aliphatic carboxylic acids is 1. The van der Waals surface area contributed by atoms with Gasteiger partial charge in [0.2, 0.25) is 0 Å². The highest BCUT2D eigenvalue weighted by atomic mass is 16.5. The average Bonchev–Trinajstić information content (AvgIpc) is 2.61. The van der Waals surface area contributed by atoms with E-state index in [2.05, 4.69) is 10.6 Å². The molecule has 2 atom stereocenters. The monoisotopic (exact) mass is 359 g/mol. The van der Waals surface area contributed by atoms with Crippen molar-refractivity contribution in [1.82, 2.24) is 10.6 Å². The first kappa shape index (κ1) is 21.0. The average molecular weight is 359 g/mol. The van der Waals surface area contributed by atoms with Gasteiger partial charge in [0, 0.05) is 12.2 Å². The fraction of sp³-hybridized carbons (Fsp3) is 0.421. The Hall–Kier alpha value is -3.01. The van der Waals surface area contributed by atoms with Gasteiger partial charge in [0.1, 0.15) is 23.4 Å². The maximum Gasteiger partial charge on any atom is 0.326 e. The molecule has 3 N–H and O–H groups in total. The van der Waals surface area contributed by atoms with E-state index in [0.717, 1.165) is 11.3 Å². The Labute approximate surface area is 153 Å². The number of nitrogens with zero attached hydrogens (tertiary/aromatic N) is 1. The van der Waals surface area contributed by atoms with Crippen LogP contribution in [-0.4, -0.2) is 30.1 Å². The Kier molecular flexibility index (Phi) is 8.16. The molecule has 0 aliphatic heterocycles. The maximum atomic E-state index is 12.2. The van der Waals surface area contributed by atoms with Crippen LogP contribution in [0, 0.1) is 17.2 Å². The van der Waals surface area contributed by atoms with Gasteiger partial charge < -0.3 is 20.5 Å². The van der Waals surface area contributed by atoms with Crippen LogP contribution in [0.1, 0.15) is 38.8 Å². The molecule has 1 amide bonds. The van der Waals surface area contributed by atoms with Crippen molar-refractivity contribution in [1.29, 1.82) is 5.26 Å². The molecule has 0 heterocycles. The lowest BCUT2D eigenvalue weighted by molar-refractivity contribution is -0.141. The largest absolute Gasteiger partial charge is 0.497 e. The number of nitriles is 1. The third kappa shape index (κ3) is 6.48. The highest BCUT2D eigenvalue weighted by molar-refractivity contribution is 5.99. The number of carbonyl (C=O) groups is 2. The van der Waals surface area contributed by atoms with Gasteiger partial charge in [-0.2, -0.15) is 5.26 Å². The molecule has 7 nitrogen and oxygen atoms in total. The molecule has 0 aliphatic carbocycles. The summed E-state index contributed by atoms with van der Waals surface area (Å²) in [7, 11) is 1.58. The molecule has 1 rings (SSSR count). The van der Waals surface area contributed by atoms with Crippen molar-refractivity contribution in [2.45, 2.75) is 39.3 Å². The van der Waals surface area contributed by atoms with Gasteiger partial charge in [-0.05, 0) is 37.0 Å². The fourth-order valence-electron chi connectivity index (χ4n) is 2.27. The predicted octanol–water partition coefficient (Wildman–Crippen LogP) is 2.37. The van der Waals surface area contributed by atoms with Gasteiger partial charge in [-0.3, -0.25) is 4.79 Å². The Bertz CT molecular complexity index is 690. The molecule has 0 aliphatic rings. The first-order chi connectivity index (χ1) is 12.3. The smallest absolute Gasteiger partial charge is 0.326 e. The zero-order valence-corrected chi connectivity index (χ0v) is 15.4. The molecule has 0 saturated heterocycles. The summed E-state index contributed by atoms with van der Waals surface area (Å²) >= 11 is 0. The normalized spacial score (nSPS) is 13.5. The van der Waals surface area contributed by atoms with Gasteiger partial charge in [0.05, 0.1) is 7.11 Å².